The number of fused-ring (bicyclic) bond motifs is 4. The number of aryl methyl sites for hydroxylation is 1. The molecule has 2 aliphatic carbocycles. The van der Waals surface area contributed by atoms with E-state index in [-0.39, 0.29) is 40.9 Å². The zero-order valence-corrected chi connectivity index (χ0v) is 29.8. The van der Waals surface area contributed by atoms with Crippen molar-refractivity contribution in [3.63, 3.8) is 0 Å². The third-order valence-electron chi connectivity index (χ3n) is 11.1. The Balaban J connectivity index is 1.27. The van der Waals surface area contributed by atoms with Gasteiger partial charge in [-0.05, 0) is 106 Å². The molecule has 2 fully saturated rings. The molecule has 4 atom stereocenters. The van der Waals surface area contributed by atoms with Crippen LogP contribution in [0.3, 0.4) is 0 Å². The number of halogens is 1. The Kier molecular flexibility index (Phi) is 9.13. The monoisotopic (exact) mass is 712 g/mol. The van der Waals surface area contributed by atoms with Crippen LogP contribution in [0.15, 0.2) is 53.4 Å². The van der Waals surface area contributed by atoms with Crippen molar-refractivity contribution in [2.24, 2.45) is 11.8 Å². The molecule has 264 valence electrons. The molecular formula is C36H45ClN4O7S. The van der Waals surface area contributed by atoms with Crippen LogP contribution >= 0.6 is 11.6 Å². The Bertz CT molecular complexity index is 1760. The molecule has 0 unspecified atom stereocenters. The first-order valence-electron chi connectivity index (χ1n) is 17.2. The fraction of sp³-hybridized carbons (Fsp3) is 0.556. The predicted molar refractivity (Wildman–Crippen MR) is 186 cm³/mol. The number of rotatable bonds is 2. The van der Waals surface area contributed by atoms with Gasteiger partial charge in [0.2, 0.25) is 0 Å². The molecule has 2 aromatic rings. The van der Waals surface area contributed by atoms with Crippen molar-refractivity contribution >= 4 is 39.3 Å². The number of ether oxygens (including phenoxy) is 3. The molecule has 3 aliphatic heterocycles. The van der Waals surface area contributed by atoms with Gasteiger partial charge in [0.25, 0.3) is 15.9 Å². The van der Waals surface area contributed by atoms with Gasteiger partial charge in [-0.3, -0.25) is 4.79 Å². The molecule has 2 amide bonds. The quantitative estimate of drug-likeness (QED) is 0.436. The number of hydrogen-bond acceptors (Lipinski definition) is 9. The van der Waals surface area contributed by atoms with Gasteiger partial charge in [0.1, 0.15) is 17.5 Å². The molecule has 49 heavy (non-hydrogen) atoms. The fourth-order valence-electron chi connectivity index (χ4n) is 7.88. The Hall–Kier alpha value is -3.32. The van der Waals surface area contributed by atoms with Gasteiger partial charge in [0, 0.05) is 48.6 Å². The first-order valence-corrected chi connectivity index (χ1v) is 19.0. The summed E-state index contributed by atoms with van der Waals surface area (Å²) in [7, 11) is -2.35. The summed E-state index contributed by atoms with van der Waals surface area (Å²) in [6, 6.07) is 11.1. The lowest BCUT2D eigenvalue weighted by Crippen LogP contribution is -2.59. The van der Waals surface area contributed by atoms with Crippen molar-refractivity contribution in [1.29, 1.82) is 0 Å². The molecule has 5 aliphatic rings. The van der Waals surface area contributed by atoms with Crippen LogP contribution in [0.1, 0.15) is 50.7 Å². The first-order chi connectivity index (χ1) is 23.4. The van der Waals surface area contributed by atoms with Gasteiger partial charge in [-0.25, -0.2) is 17.9 Å². The van der Waals surface area contributed by atoms with Crippen molar-refractivity contribution < 1.29 is 32.2 Å². The SMILES string of the molecule is CNC1CN(C(=O)O[C@H]2C=CCOC(C)(C)C(=O)NS(=O)(=O)c3ccc4c(c3)N(C[C@@H]3CC[C@H]32)C[C@@]2(CCCc3cc(Cl)ccc32)CO4)C1. The van der Waals surface area contributed by atoms with Crippen molar-refractivity contribution in [2.75, 3.05) is 51.3 Å². The lowest BCUT2D eigenvalue weighted by Gasteiger charge is -2.46. The number of carbonyl (C=O) groups is 2. The normalized spacial score (nSPS) is 29.3. The molecule has 1 saturated carbocycles. The van der Waals surface area contributed by atoms with Crippen LogP contribution in [-0.4, -0.2) is 89.5 Å². The van der Waals surface area contributed by atoms with Crippen molar-refractivity contribution in [2.45, 2.75) is 74.0 Å². The van der Waals surface area contributed by atoms with Gasteiger partial charge in [0.15, 0.2) is 0 Å². The molecule has 1 saturated heterocycles. The molecule has 11 nitrogen and oxygen atoms in total. The highest BCUT2D eigenvalue weighted by molar-refractivity contribution is 7.90. The maximum absolute atomic E-state index is 13.6. The standard InChI is InChI=1S/C36H45ClN4O7S/c1-35(2)33(42)39-49(44,45)27-10-13-32-30(17-27)41(21-36(22-46-32)14-4-6-23-16-25(37)9-12-29(23)36)18-24-8-11-28(24)31(7-5-15-47-35)48-34(43)40-19-26(20-40)38-3/h5,7,9-10,12-13,16-17,24,26,28,31,38H,4,6,8,11,14-15,18-22H2,1-3H3,(H,39,42)/t24-,28+,31-,36-/m0/s1. The average molecular weight is 713 g/mol. The maximum Gasteiger partial charge on any atom is 0.410 e. The molecule has 3 heterocycles. The predicted octanol–water partition coefficient (Wildman–Crippen LogP) is 4.42. The highest BCUT2D eigenvalue weighted by Gasteiger charge is 2.46. The van der Waals surface area contributed by atoms with Crippen LogP contribution in [0.25, 0.3) is 0 Å². The van der Waals surface area contributed by atoms with Crippen LogP contribution < -0.4 is 19.7 Å². The Morgan fingerprint density at radius 2 is 1.94 bits per heavy atom. The Labute approximate surface area is 293 Å². The third-order valence-corrected chi connectivity index (χ3v) is 12.7. The minimum Gasteiger partial charge on any atom is -0.490 e. The summed E-state index contributed by atoms with van der Waals surface area (Å²) in [6.07, 6.45) is 7.41. The zero-order chi connectivity index (χ0) is 34.6. The molecule has 2 bridgehead atoms. The van der Waals surface area contributed by atoms with E-state index in [1.54, 1.807) is 23.1 Å². The average Bonchev–Trinajstić information content (AvgIpc) is 3.17. The summed E-state index contributed by atoms with van der Waals surface area (Å²) < 4.78 is 48.1. The van der Waals surface area contributed by atoms with Crippen LogP contribution in [-0.2, 0) is 36.1 Å². The number of hydrogen-bond donors (Lipinski definition) is 2. The number of carbonyl (C=O) groups excluding carboxylic acids is 2. The summed E-state index contributed by atoms with van der Waals surface area (Å²) in [4.78, 5) is 30.4. The van der Waals surface area contributed by atoms with E-state index in [0.717, 1.165) is 32.1 Å². The second kappa shape index (κ2) is 13.1. The number of likely N-dealkylation sites (tertiary alicyclic amines) is 1. The number of nitrogens with one attached hydrogen (secondary N) is 2. The lowest BCUT2D eigenvalue weighted by atomic mass is 9.68. The number of likely N-dealkylation sites (N-methyl/N-ethyl adjacent to an activating group) is 1. The minimum atomic E-state index is -4.23. The molecule has 0 aromatic heterocycles. The van der Waals surface area contributed by atoms with E-state index in [1.165, 1.54) is 31.0 Å². The zero-order valence-electron chi connectivity index (χ0n) is 28.2. The third kappa shape index (κ3) is 6.64. The largest absolute Gasteiger partial charge is 0.490 e. The van der Waals surface area contributed by atoms with Gasteiger partial charge >= 0.3 is 6.09 Å². The second-order valence-corrected chi connectivity index (χ2v) is 16.8. The van der Waals surface area contributed by atoms with Crippen molar-refractivity contribution in [3.8, 4) is 5.75 Å². The molecule has 0 radical (unpaired) electrons. The summed E-state index contributed by atoms with van der Waals surface area (Å²) in [5.74, 6) is -0.000793. The molecular weight excluding hydrogens is 668 g/mol. The summed E-state index contributed by atoms with van der Waals surface area (Å²) in [6.45, 7) is 5.92. The van der Waals surface area contributed by atoms with E-state index < -0.39 is 27.6 Å². The number of amides is 2. The lowest BCUT2D eigenvalue weighted by molar-refractivity contribution is -0.139. The van der Waals surface area contributed by atoms with Gasteiger partial charge in [-0.15, -0.1) is 0 Å². The van der Waals surface area contributed by atoms with E-state index in [1.807, 2.05) is 25.3 Å². The van der Waals surface area contributed by atoms with Crippen molar-refractivity contribution in [3.05, 3.63) is 64.7 Å². The van der Waals surface area contributed by atoms with E-state index in [2.05, 4.69) is 21.0 Å². The second-order valence-electron chi connectivity index (χ2n) is 14.7. The number of anilines is 1. The summed E-state index contributed by atoms with van der Waals surface area (Å²) in [5.41, 5.74) is 1.27. The molecule has 13 heteroatoms. The molecule has 1 spiro atoms. The van der Waals surface area contributed by atoms with E-state index in [0.29, 0.717) is 49.2 Å². The van der Waals surface area contributed by atoms with E-state index in [4.69, 9.17) is 25.8 Å². The number of benzene rings is 2. The van der Waals surface area contributed by atoms with E-state index >= 15 is 0 Å². The van der Waals surface area contributed by atoms with Gasteiger partial charge in [0.05, 0.1) is 23.8 Å². The topological polar surface area (TPSA) is 127 Å². The molecule has 2 N–H and O–H groups in total. The van der Waals surface area contributed by atoms with Gasteiger partial charge in [-0.2, -0.15) is 0 Å². The van der Waals surface area contributed by atoms with Gasteiger partial charge < -0.3 is 29.3 Å². The Morgan fingerprint density at radius 3 is 2.69 bits per heavy atom. The maximum atomic E-state index is 13.6. The minimum absolute atomic E-state index is 0.0332. The smallest absolute Gasteiger partial charge is 0.410 e. The van der Waals surface area contributed by atoms with Crippen LogP contribution in [0, 0.1) is 11.8 Å². The van der Waals surface area contributed by atoms with E-state index in [9.17, 15) is 18.0 Å². The van der Waals surface area contributed by atoms with Gasteiger partial charge in [-0.1, -0.05) is 23.7 Å². The Morgan fingerprint density at radius 1 is 1.12 bits per heavy atom. The molecule has 7 rings (SSSR count). The molecule has 2 aromatic carbocycles. The van der Waals surface area contributed by atoms with Crippen molar-refractivity contribution in [1.82, 2.24) is 14.9 Å². The number of sulfonamides is 1. The van der Waals surface area contributed by atoms with Crippen LogP contribution in [0.4, 0.5) is 10.5 Å². The first kappa shape index (κ1) is 34.1. The highest BCUT2D eigenvalue weighted by atomic mass is 35.5. The summed E-state index contributed by atoms with van der Waals surface area (Å²) >= 11 is 6.43. The van der Waals surface area contributed by atoms with Crippen LogP contribution in [0.2, 0.25) is 5.02 Å². The fourth-order valence-corrected chi connectivity index (χ4v) is 9.20. The van der Waals surface area contributed by atoms with Crippen LogP contribution in [0.5, 0.6) is 5.75 Å². The highest BCUT2D eigenvalue weighted by Crippen LogP contribution is 2.47. The number of nitrogens with zero attached hydrogens (tertiary/aromatic N) is 2. The summed E-state index contributed by atoms with van der Waals surface area (Å²) in [5, 5.41) is 3.89.